The Morgan fingerprint density at radius 1 is 0.864 bits per heavy atom. The van der Waals surface area contributed by atoms with Gasteiger partial charge in [-0.2, -0.15) is 0 Å². The van der Waals surface area contributed by atoms with Crippen LogP contribution < -0.4 is 0 Å². The minimum absolute atomic E-state index is 0.153. The van der Waals surface area contributed by atoms with E-state index in [0.29, 0.717) is 25.7 Å². The van der Waals surface area contributed by atoms with E-state index in [1.807, 2.05) is 36.4 Å². The molecular weight excluding hydrogens is 280 g/mol. The van der Waals surface area contributed by atoms with Crippen molar-refractivity contribution in [3.8, 4) is 0 Å². The summed E-state index contributed by atoms with van der Waals surface area (Å²) in [4.78, 5) is 22.5. The Hall–Kier alpha value is -2.10. The quantitative estimate of drug-likeness (QED) is 0.622. The van der Waals surface area contributed by atoms with E-state index >= 15 is 0 Å². The number of rotatable bonds is 2. The monoisotopic (exact) mass is 302 g/mol. The molecule has 2 atom stereocenters. The number of hydrogen-bond acceptors (Lipinski definition) is 4. The zero-order valence-electron chi connectivity index (χ0n) is 13.1. The van der Waals surface area contributed by atoms with Gasteiger partial charge in [-0.05, 0) is 11.1 Å². The van der Waals surface area contributed by atoms with Gasteiger partial charge < -0.3 is 9.47 Å². The van der Waals surface area contributed by atoms with Crippen molar-refractivity contribution in [2.45, 2.75) is 51.7 Å². The van der Waals surface area contributed by atoms with Crippen LogP contribution in [0.5, 0.6) is 0 Å². The third-order valence-corrected chi connectivity index (χ3v) is 3.64. The van der Waals surface area contributed by atoms with Crippen LogP contribution in [0.1, 0.15) is 37.8 Å². The van der Waals surface area contributed by atoms with Crippen molar-refractivity contribution in [1.29, 1.82) is 0 Å². The van der Waals surface area contributed by atoms with Gasteiger partial charge in [-0.1, -0.05) is 36.4 Å². The van der Waals surface area contributed by atoms with E-state index in [0.717, 1.165) is 11.1 Å². The molecule has 0 aliphatic heterocycles. The number of hydrogen-bond donors (Lipinski definition) is 0. The topological polar surface area (TPSA) is 52.6 Å². The standard InChI is InChI=1S/C18H22O4/c1-13(19)21-17-9-5-6-10-18(22-14(2)20)12-16-8-4-3-7-15(16)11-17/h3-8,17-18H,9-12H2,1-2H3. The van der Waals surface area contributed by atoms with Crippen LogP contribution in [-0.4, -0.2) is 24.1 Å². The fourth-order valence-corrected chi connectivity index (χ4v) is 2.76. The molecule has 1 aliphatic carbocycles. The second-order valence-electron chi connectivity index (χ2n) is 5.58. The Labute approximate surface area is 131 Å². The summed E-state index contributed by atoms with van der Waals surface area (Å²) in [7, 11) is 0. The first-order valence-corrected chi connectivity index (χ1v) is 7.61. The average molecular weight is 302 g/mol. The van der Waals surface area contributed by atoms with Crippen molar-refractivity contribution in [2.24, 2.45) is 0 Å². The number of benzene rings is 1. The van der Waals surface area contributed by atoms with Gasteiger partial charge in [0.05, 0.1) is 0 Å². The van der Waals surface area contributed by atoms with Crippen LogP contribution in [0, 0.1) is 0 Å². The van der Waals surface area contributed by atoms with Gasteiger partial charge in [-0.15, -0.1) is 0 Å². The normalized spacial score (nSPS) is 21.5. The Kier molecular flexibility index (Phi) is 5.75. The fourth-order valence-electron chi connectivity index (χ4n) is 2.76. The molecule has 2 unspecified atom stereocenters. The lowest BCUT2D eigenvalue weighted by molar-refractivity contribution is -0.147. The van der Waals surface area contributed by atoms with Crippen LogP contribution in [0.25, 0.3) is 0 Å². The molecule has 0 N–H and O–H groups in total. The highest BCUT2D eigenvalue weighted by Gasteiger charge is 2.19. The first-order chi connectivity index (χ1) is 10.5. The number of carbonyl (C=O) groups is 2. The lowest BCUT2D eigenvalue weighted by atomic mass is 9.94. The van der Waals surface area contributed by atoms with Crippen molar-refractivity contribution < 1.29 is 19.1 Å². The van der Waals surface area contributed by atoms with E-state index in [9.17, 15) is 9.59 Å². The smallest absolute Gasteiger partial charge is 0.302 e. The highest BCUT2D eigenvalue weighted by Crippen LogP contribution is 2.20. The zero-order valence-corrected chi connectivity index (χ0v) is 13.1. The predicted molar refractivity (Wildman–Crippen MR) is 83.3 cm³/mol. The Balaban J connectivity index is 2.23. The third-order valence-electron chi connectivity index (χ3n) is 3.64. The molecule has 1 aliphatic rings. The maximum atomic E-state index is 11.2. The highest BCUT2D eigenvalue weighted by atomic mass is 16.5. The molecule has 4 nitrogen and oxygen atoms in total. The largest absolute Gasteiger partial charge is 0.462 e. The molecule has 0 aromatic heterocycles. The van der Waals surface area contributed by atoms with E-state index in [-0.39, 0.29) is 24.1 Å². The van der Waals surface area contributed by atoms with Crippen LogP contribution in [0.2, 0.25) is 0 Å². The van der Waals surface area contributed by atoms with E-state index < -0.39 is 0 Å². The number of ether oxygens (including phenoxy) is 2. The lowest BCUT2D eigenvalue weighted by Crippen LogP contribution is -2.23. The molecule has 2 rings (SSSR count). The van der Waals surface area contributed by atoms with Gasteiger partial charge in [0.2, 0.25) is 0 Å². The summed E-state index contributed by atoms with van der Waals surface area (Å²) in [5.74, 6) is -0.517. The summed E-state index contributed by atoms with van der Waals surface area (Å²) in [5.41, 5.74) is 2.28. The summed E-state index contributed by atoms with van der Waals surface area (Å²) >= 11 is 0. The molecule has 0 radical (unpaired) electrons. The van der Waals surface area contributed by atoms with E-state index in [4.69, 9.17) is 9.47 Å². The average Bonchev–Trinajstić information content (AvgIpc) is 2.44. The molecular formula is C18H22O4. The molecule has 4 heteroatoms. The van der Waals surface area contributed by atoms with Crippen LogP contribution in [-0.2, 0) is 31.9 Å². The maximum Gasteiger partial charge on any atom is 0.302 e. The summed E-state index contributed by atoms with van der Waals surface area (Å²) in [6.07, 6.45) is 6.37. The SMILES string of the molecule is CC(=O)OC1CC=CCC(OC(C)=O)Cc2ccccc2C1. The van der Waals surface area contributed by atoms with Gasteiger partial charge >= 0.3 is 11.9 Å². The van der Waals surface area contributed by atoms with Crippen molar-refractivity contribution >= 4 is 11.9 Å². The predicted octanol–water partition coefficient (Wildman–Crippen LogP) is 2.99. The third kappa shape index (κ3) is 5.02. The first kappa shape index (κ1) is 16.3. The second kappa shape index (κ2) is 7.78. The molecule has 0 spiro atoms. The van der Waals surface area contributed by atoms with Gasteiger partial charge in [0.15, 0.2) is 0 Å². The Bertz CT molecular complexity index is 513. The molecule has 118 valence electrons. The van der Waals surface area contributed by atoms with E-state index in [2.05, 4.69) is 0 Å². The molecule has 0 saturated carbocycles. The van der Waals surface area contributed by atoms with Gasteiger partial charge in [0.1, 0.15) is 12.2 Å². The van der Waals surface area contributed by atoms with Crippen LogP contribution in [0.4, 0.5) is 0 Å². The van der Waals surface area contributed by atoms with Crippen LogP contribution >= 0.6 is 0 Å². The Morgan fingerprint density at radius 2 is 1.27 bits per heavy atom. The highest BCUT2D eigenvalue weighted by molar-refractivity contribution is 5.66. The van der Waals surface area contributed by atoms with Gasteiger partial charge in [-0.3, -0.25) is 9.59 Å². The van der Waals surface area contributed by atoms with Gasteiger partial charge in [-0.25, -0.2) is 0 Å². The minimum Gasteiger partial charge on any atom is -0.462 e. The Morgan fingerprint density at radius 3 is 1.64 bits per heavy atom. The number of esters is 2. The van der Waals surface area contributed by atoms with Crippen LogP contribution in [0.15, 0.2) is 36.4 Å². The molecule has 0 bridgehead atoms. The summed E-state index contributed by atoms with van der Waals surface area (Å²) in [6, 6.07) is 8.04. The van der Waals surface area contributed by atoms with Crippen molar-refractivity contribution in [2.75, 3.05) is 0 Å². The van der Waals surface area contributed by atoms with E-state index in [1.165, 1.54) is 13.8 Å². The van der Waals surface area contributed by atoms with Gasteiger partial charge in [0.25, 0.3) is 0 Å². The molecule has 1 aromatic carbocycles. The van der Waals surface area contributed by atoms with E-state index in [1.54, 1.807) is 0 Å². The molecule has 1 aromatic rings. The summed E-state index contributed by atoms with van der Waals surface area (Å²) in [6.45, 7) is 2.87. The lowest BCUT2D eigenvalue weighted by Gasteiger charge is -2.22. The molecule has 0 saturated heterocycles. The molecule has 0 fully saturated rings. The first-order valence-electron chi connectivity index (χ1n) is 7.61. The van der Waals surface area contributed by atoms with Crippen molar-refractivity contribution in [1.82, 2.24) is 0 Å². The summed E-state index contributed by atoms with van der Waals surface area (Å²) in [5, 5.41) is 0. The maximum absolute atomic E-state index is 11.2. The zero-order chi connectivity index (χ0) is 15.9. The van der Waals surface area contributed by atoms with Crippen molar-refractivity contribution in [3.63, 3.8) is 0 Å². The van der Waals surface area contributed by atoms with Crippen LogP contribution in [0.3, 0.4) is 0 Å². The van der Waals surface area contributed by atoms with Gasteiger partial charge in [0, 0.05) is 39.5 Å². The number of carbonyl (C=O) groups excluding carboxylic acids is 2. The molecule has 0 amide bonds. The minimum atomic E-state index is -0.259. The number of fused-ring (bicyclic) bond motifs is 1. The molecule has 22 heavy (non-hydrogen) atoms. The fraction of sp³-hybridized carbons (Fsp3) is 0.444. The van der Waals surface area contributed by atoms with Crippen molar-refractivity contribution in [3.05, 3.63) is 47.5 Å². The summed E-state index contributed by atoms with van der Waals surface area (Å²) < 4.78 is 10.8. The molecule has 0 heterocycles. The second-order valence-corrected chi connectivity index (χ2v) is 5.58.